The standard InChI is InChI=1S/C12H14OS/c13-12(10-6-2-1-3-7-10)14-11-8-4-5-9-11/h1-2,4,6,8,11H,3,5,7,9H2/t11-/m1/s1. The molecule has 0 spiro atoms. The van der Waals surface area contributed by atoms with E-state index < -0.39 is 0 Å². The van der Waals surface area contributed by atoms with Crippen molar-refractivity contribution in [1.29, 1.82) is 0 Å². The fourth-order valence-corrected chi connectivity index (χ4v) is 2.73. The average Bonchev–Trinajstić information content (AvgIpc) is 2.72. The number of carbonyl (C=O) groups excluding carboxylic acids is 1. The van der Waals surface area contributed by atoms with Crippen LogP contribution in [0.5, 0.6) is 0 Å². The van der Waals surface area contributed by atoms with E-state index >= 15 is 0 Å². The average molecular weight is 206 g/mol. The Kier molecular flexibility index (Phi) is 3.25. The van der Waals surface area contributed by atoms with Crippen molar-refractivity contribution in [3.05, 3.63) is 36.0 Å². The van der Waals surface area contributed by atoms with Gasteiger partial charge in [0.05, 0.1) is 0 Å². The first-order valence-electron chi connectivity index (χ1n) is 5.09. The van der Waals surface area contributed by atoms with Crippen LogP contribution in [0.15, 0.2) is 36.0 Å². The molecule has 0 aromatic rings. The fraction of sp³-hybridized carbons (Fsp3) is 0.417. The number of hydrogen-bond acceptors (Lipinski definition) is 2. The molecule has 74 valence electrons. The maximum absolute atomic E-state index is 11.8. The predicted octanol–water partition coefficient (Wildman–Crippen LogP) is 3.24. The molecule has 0 amide bonds. The maximum atomic E-state index is 11.8. The zero-order chi connectivity index (χ0) is 9.80. The van der Waals surface area contributed by atoms with Gasteiger partial charge in [-0.3, -0.25) is 4.79 Å². The summed E-state index contributed by atoms with van der Waals surface area (Å²) in [4.78, 5) is 11.8. The number of carbonyl (C=O) groups is 1. The van der Waals surface area contributed by atoms with Crippen molar-refractivity contribution in [1.82, 2.24) is 0 Å². The molecule has 0 aromatic carbocycles. The summed E-state index contributed by atoms with van der Waals surface area (Å²) in [7, 11) is 0. The van der Waals surface area contributed by atoms with Gasteiger partial charge in [0, 0.05) is 10.8 Å². The second kappa shape index (κ2) is 4.65. The monoisotopic (exact) mass is 206 g/mol. The van der Waals surface area contributed by atoms with E-state index in [4.69, 9.17) is 0 Å². The third-order valence-electron chi connectivity index (χ3n) is 2.50. The van der Waals surface area contributed by atoms with Crippen LogP contribution in [-0.2, 0) is 4.79 Å². The Bertz CT molecular complexity index is 312. The van der Waals surface area contributed by atoms with Crippen LogP contribution in [0.25, 0.3) is 0 Å². The molecule has 2 heteroatoms. The molecule has 14 heavy (non-hydrogen) atoms. The van der Waals surface area contributed by atoms with Crippen LogP contribution < -0.4 is 0 Å². The molecular formula is C12H14OS. The van der Waals surface area contributed by atoms with Crippen molar-refractivity contribution in [2.24, 2.45) is 0 Å². The topological polar surface area (TPSA) is 17.1 Å². The molecule has 0 aromatic heterocycles. The summed E-state index contributed by atoms with van der Waals surface area (Å²) < 4.78 is 0. The summed E-state index contributed by atoms with van der Waals surface area (Å²) in [6, 6.07) is 0. The Hall–Kier alpha value is -0.760. The van der Waals surface area contributed by atoms with Gasteiger partial charge in [0.1, 0.15) is 0 Å². The summed E-state index contributed by atoms with van der Waals surface area (Å²) in [6.07, 6.45) is 14.6. The van der Waals surface area contributed by atoms with E-state index in [1.165, 1.54) is 11.8 Å². The van der Waals surface area contributed by atoms with Crippen molar-refractivity contribution in [3.63, 3.8) is 0 Å². The third-order valence-corrected chi connectivity index (χ3v) is 3.67. The van der Waals surface area contributed by atoms with E-state index in [9.17, 15) is 4.79 Å². The van der Waals surface area contributed by atoms with Gasteiger partial charge in [-0.05, 0) is 25.7 Å². The van der Waals surface area contributed by atoms with Gasteiger partial charge in [0.25, 0.3) is 0 Å². The molecule has 0 radical (unpaired) electrons. The Morgan fingerprint density at radius 3 is 2.93 bits per heavy atom. The lowest BCUT2D eigenvalue weighted by Crippen LogP contribution is -2.05. The van der Waals surface area contributed by atoms with Crippen molar-refractivity contribution < 1.29 is 4.79 Å². The van der Waals surface area contributed by atoms with E-state index in [0.717, 1.165) is 31.3 Å². The third kappa shape index (κ3) is 2.38. The van der Waals surface area contributed by atoms with E-state index in [2.05, 4.69) is 18.2 Å². The van der Waals surface area contributed by atoms with Gasteiger partial charge < -0.3 is 0 Å². The second-order valence-corrected chi connectivity index (χ2v) is 4.82. The Labute approximate surface area is 89.0 Å². The molecule has 2 rings (SSSR count). The molecule has 0 N–H and O–H groups in total. The van der Waals surface area contributed by atoms with E-state index in [1.807, 2.05) is 12.2 Å². The molecule has 1 nitrogen and oxygen atoms in total. The molecule has 0 fully saturated rings. The zero-order valence-electron chi connectivity index (χ0n) is 8.11. The number of rotatable bonds is 2. The summed E-state index contributed by atoms with van der Waals surface area (Å²) in [6.45, 7) is 0. The highest BCUT2D eigenvalue weighted by molar-refractivity contribution is 8.14. The Balaban J connectivity index is 1.91. The first-order chi connectivity index (χ1) is 6.86. The van der Waals surface area contributed by atoms with Crippen LogP contribution in [0.1, 0.15) is 25.7 Å². The van der Waals surface area contributed by atoms with Crippen LogP contribution in [-0.4, -0.2) is 10.4 Å². The molecule has 2 aliphatic rings. The summed E-state index contributed by atoms with van der Waals surface area (Å²) in [5.74, 6) is 0. The van der Waals surface area contributed by atoms with Gasteiger partial charge in [-0.25, -0.2) is 0 Å². The molecule has 0 saturated heterocycles. The van der Waals surface area contributed by atoms with Crippen LogP contribution in [0, 0.1) is 0 Å². The van der Waals surface area contributed by atoms with Gasteiger partial charge in [0.2, 0.25) is 5.12 Å². The lowest BCUT2D eigenvalue weighted by Gasteiger charge is -2.10. The number of thioether (sulfide) groups is 1. The lowest BCUT2D eigenvalue weighted by atomic mass is 10.1. The van der Waals surface area contributed by atoms with Crippen LogP contribution in [0.2, 0.25) is 0 Å². The first-order valence-corrected chi connectivity index (χ1v) is 5.97. The van der Waals surface area contributed by atoms with Gasteiger partial charge in [-0.15, -0.1) is 0 Å². The number of hydrogen-bond donors (Lipinski definition) is 0. The van der Waals surface area contributed by atoms with E-state index in [-0.39, 0.29) is 5.12 Å². The maximum Gasteiger partial charge on any atom is 0.215 e. The van der Waals surface area contributed by atoms with Crippen molar-refractivity contribution in [3.8, 4) is 0 Å². The molecule has 2 aliphatic carbocycles. The Morgan fingerprint density at radius 2 is 2.29 bits per heavy atom. The van der Waals surface area contributed by atoms with E-state index in [1.54, 1.807) is 0 Å². The summed E-state index contributed by atoms with van der Waals surface area (Å²) >= 11 is 1.49. The van der Waals surface area contributed by atoms with Crippen molar-refractivity contribution in [2.45, 2.75) is 30.9 Å². The molecule has 0 heterocycles. The molecule has 0 aliphatic heterocycles. The van der Waals surface area contributed by atoms with E-state index in [0.29, 0.717) is 5.25 Å². The molecule has 0 bridgehead atoms. The molecule has 1 atom stereocenters. The van der Waals surface area contributed by atoms with Crippen LogP contribution in [0.4, 0.5) is 0 Å². The van der Waals surface area contributed by atoms with Crippen LogP contribution >= 0.6 is 11.8 Å². The highest BCUT2D eigenvalue weighted by Gasteiger charge is 2.17. The summed E-state index contributed by atoms with van der Waals surface area (Å²) in [5.41, 5.74) is 0.984. The van der Waals surface area contributed by atoms with Crippen LogP contribution in [0.3, 0.4) is 0 Å². The second-order valence-electron chi connectivity index (χ2n) is 3.61. The largest absolute Gasteiger partial charge is 0.282 e. The molecule has 0 unspecified atom stereocenters. The van der Waals surface area contributed by atoms with Gasteiger partial charge in [0.15, 0.2) is 0 Å². The molecular weight excluding hydrogens is 192 g/mol. The number of allylic oxidation sites excluding steroid dienone is 4. The van der Waals surface area contributed by atoms with Gasteiger partial charge >= 0.3 is 0 Å². The molecule has 0 saturated carbocycles. The fourth-order valence-electron chi connectivity index (χ4n) is 1.69. The zero-order valence-corrected chi connectivity index (χ0v) is 8.93. The predicted molar refractivity (Wildman–Crippen MR) is 61.2 cm³/mol. The minimum absolute atomic E-state index is 0.269. The smallest absolute Gasteiger partial charge is 0.215 e. The Morgan fingerprint density at radius 1 is 1.36 bits per heavy atom. The first kappa shape index (κ1) is 9.78. The normalized spacial score (nSPS) is 25.1. The van der Waals surface area contributed by atoms with Gasteiger partial charge in [-0.1, -0.05) is 42.1 Å². The minimum atomic E-state index is 0.269. The van der Waals surface area contributed by atoms with Crippen molar-refractivity contribution >= 4 is 16.9 Å². The van der Waals surface area contributed by atoms with Crippen molar-refractivity contribution in [2.75, 3.05) is 0 Å². The lowest BCUT2D eigenvalue weighted by molar-refractivity contribution is -0.108. The summed E-state index contributed by atoms with van der Waals surface area (Å²) in [5, 5.41) is 0.695. The highest BCUT2D eigenvalue weighted by Crippen LogP contribution is 2.28. The minimum Gasteiger partial charge on any atom is -0.282 e. The quantitative estimate of drug-likeness (QED) is 0.645. The van der Waals surface area contributed by atoms with Gasteiger partial charge in [-0.2, -0.15) is 0 Å². The highest BCUT2D eigenvalue weighted by atomic mass is 32.2. The SMILES string of the molecule is O=C(S[C@@H]1C=CCC1)C1=CC=CCC1.